The van der Waals surface area contributed by atoms with Crippen LogP contribution < -0.4 is 5.32 Å². The molecule has 1 aromatic carbocycles. The van der Waals surface area contributed by atoms with Crippen LogP contribution in [0, 0.1) is 5.41 Å². The van der Waals surface area contributed by atoms with E-state index in [9.17, 15) is 8.42 Å². The van der Waals surface area contributed by atoms with Crippen LogP contribution in [0.5, 0.6) is 0 Å². The number of nitrogens with one attached hydrogen (secondary N) is 1. The number of hydrogen-bond acceptors (Lipinski definition) is 3. The van der Waals surface area contributed by atoms with Gasteiger partial charge in [0.25, 0.3) is 0 Å². The van der Waals surface area contributed by atoms with Crippen molar-refractivity contribution in [3.8, 4) is 0 Å². The van der Waals surface area contributed by atoms with E-state index in [0.29, 0.717) is 29.9 Å². The zero-order valence-electron chi connectivity index (χ0n) is 17.6. The third-order valence-corrected chi connectivity index (χ3v) is 8.79. The van der Waals surface area contributed by atoms with Gasteiger partial charge in [-0.1, -0.05) is 31.0 Å². The average molecular weight is 419 g/mol. The lowest BCUT2D eigenvalue weighted by Crippen LogP contribution is -2.42. The SMILES string of the molecule is CCNC(=NCc1ccccc1S(=O)(=O)N1CCCCC1)N1CCC2(CCC2)C1. The minimum Gasteiger partial charge on any atom is -0.357 e. The highest BCUT2D eigenvalue weighted by molar-refractivity contribution is 7.89. The maximum absolute atomic E-state index is 13.2. The van der Waals surface area contributed by atoms with Gasteiger partial charge in [-0.3, -0.25) is 0 Å². The van der Waals surface area contributed by atoms with E-state index < -0.39 is 10.0 Å². The maximum atomic E-state index is 13.2. The average Bonchev–Trinajstić information content (AvgIpc) is 3.18. The van der Waals surface area contributed by atoms with E-state index in [1.165, 1.54) is 25.7 Å². The molecule has 6 nitrogen and oxygen atoms in total. The fourth-order valence-electron chi connectivity index (χ4n) is 4.92. The Morgan fingerprint density at radius 1 is 1.07 bits per heavy atom. The van der Waals surface area contributed by atoms with Crippen molar-refractivity contribution in [1.29, 1.82) is 0 Å². The monoisotopic (exact) mass is 418 g/mol. The van der Waals surface area contributed by atoms with Crippen LogP contribution in [0.3, 0.4) is 0 Å². The molecule has 0 unspecified atom stereocenters. The fourth-order valence-corrected chi connectivity index (χ4v) is 6.65. The summed E-state index contributed by atoms with van der Waals surface area (Å²) in [5.41, 5.74) is 1.29. The normalized spacial score (nSPS) is 22.7. The summed E-state index contributed by atoms with van der Waals surface area (Å²) in [7, 11) is -3.46. The Labute approximate surface area is 175 Å². The molecule has 1 saturated carbocycles. The highest BCUT2D eigenvalue weighted by Gasteiger charge is 2.43. The molecular weight excluding hydrogens is 384 g/mol. The molecule has 29 heavy (non-hydrogen) atoms. The Morgan fingerprint density at radius 2 is 1.83 bits per heavy atom. The minimum absolute atomic E-state index is 0.384. The first kappa shape index (κ1) is 20.7. The van der Waals surface area contributed by atoms with Crippen molar-refractivity contribution >= 4 is 16.0 Å². The van der Waals surface area contributed by atoms with Gasteiger partial charge in [0.15, 0.2) is 5.96 Å². The summed E-state index contributed by atoms with van der Waals surface area (Å²) in [6.07, 6.45) is 8.27. The molecule has 1 aliphatic carbocycles. The largest absolute Gasteiger partial charge is 0.357 e. The lowest BCUT2D eigenvalue weighted by atomic mass is 9.68. The van der Waals surface area contributed by atoms with Crippen LogP contribution in [-0.2, 0) is 16.6 Å². The first-order valence-corrected chi connectivity index (χ1v) is 12.6. The Kier molecular flexibility index (Phi) is 6.16. The quantitative estimate of drug-likeness (QED) is 0.589. The molecule has 4 rings (SSSR count). The van der Waals surface area contributed by atoms with Crippen LogP contribution in [0.15, 0.2) is 34.2 Å². The second-order valence-corrected chi connectivity index (χ2v) is 10.7. The number of hydrogen-bond donors (Lipinski definition) is 1. The summed E-state index contributed by atoms with van der Waals surface area (Å²) < 4.78 is 28.1. The number of sulfonamides is 1. The molecule has 0 aromatic heterocycles. The molecule has 1 spiro atoms. The fraction of sp³-hybridized carbons (Fsp3) is 0.682. The van der Waals surface area contributed by atoms with Gasteiger partial charge in [0, 0.05) is 32.7 Å². The summed E-state index contributed by atoms with van der Waals surface area (Å²) in [5.74, 6) is 0.918. The Bertz CT molecular complexity index is 842. The number of guanidine groups is 1. The summed E-state index contributed by atoms with van der Waals surface area (Å²) in [4.78, 5) is 7.64. The van der Waals surface area contributed by atoms with Crippen molar-refractivity contribution in [2.75, 3.05) is 32.7 Å². The molecule has 2 aliphatic heterocycles. The number of nitrogens with zero attached hydrogens (tertiary/aromatic N) is 3. The van der Waals surface area contributed by atoms with E-state index in [2.05, 4.69) is 17.1 Å². The van der Waals surface area contributed by atoms with Gasteiger partial charge in [0.2, 0.25) is 10.0 Å². The van der Waals surface area contributed by atoms with E-state index in [4.69, 9.17) is 4.99 Å². The molecule has 160 valence electrons. The molecule has 2 heterocycles. The zero-order valence-corrected chi connectivity index (χ0v) is 18.4. The van der Waals surface area contributed by atoms with Gasteiger partial charge in [0.05, 0.1) is 11.4 Å². The van der Waals surface area contributed by atoms with Crippen molar-refractivity contribution in [2.45, 2.75) is 63.3 Å². The van der Waals surface area contributed by atoms with Crippen LogP contribution in [-0.4, -0.2) is 56.3 Å². The van der Waals surface area contributed by atoms with E-state index in [0.717, 1.165) is 50.4 Å². The lowest BCUT2D eigenvalue weighted by molar-refractivity contribution is 0.151. The number of aliphatic imine (C=N–C) groups is 1. The summed E-state index contributed by atoms with van der Waals surface area (Å²) >= 11 is 0. The van der Waals surface area contributed by atoms with Gasteiger partial charge in [-0.05, 0) is 56.1 Å². The topological polar surface area (TPSA) is 65.0 Å². The number of likely N-dealkylation sites (tertiary alicyclic amines) is 1. The first-order chi connectivity index (χ1) is 14.0. The highest BCUT2D eigenvalue weighted by atomic mass is 32.2. The summed E-state index contributed by atoms with van der Waals surface area (Å²) in [5, 5.41) is 3.42. The molecule has 0 radical (unpaired) electrons. The Hall–Kier alpha value is -1.60. The van der Waals surface area contributed by atoms with E-state index in [-0.39, 0.29) is 0 Å². The molecule has 7 heteroatoms. The molecule has 3 fully saturated rings. The van der Waals surface area contributed by atoms with Gasteiger partial charge in [-0.2, -0.15) is 4.31 Å². The molecule has 3 aliphatic rings. The predicted octanol–water partition coefficient (Wildman–Crippen LogP) is 3.20. The molecule has 0 amide bonds. The second kappa shape index (κ2) is 8.64. The molecule has 0 bridgehead atoms. The van der Waals surface area contributed by atoms with E-state index in [1.54, 1.807) is 10.4 Å². The maximum Gasteiger partial charge on any atom is 0.243 e. The van der Waals surface area contributed by atoms with Crippen LogP contribution in [0.4, 0.5) is 0 Å². The third-order valence-electron chi connectivity index (χ3n) is 6.79. The van der Waals surface area contributed by atoms with Crippen LogP contribution in [0.25, 0.3) is 0 Å². The van der Waals surface area contributed by atoms with Crippen LogP contribution in [0.2, 0.25) is 0 Å². The van der Waals surface area contributed by atoms with E-state index in [1.807, 2.05) is 18.2 Å². The molecule has 2 saturated heterocycles. The first-order valence-electron chi connectivity index (χ1n) is 11.2. The summed E-state index contributed by atoms with van der Waals surface area (Å²) in [6, 6.07) is 7.37. The molecule has 1 aromatic rings. The highest BCUT2D eigenvalue weighted by Crippen LogP contribution is 2.47. The molecular formula is C22H34N4O2S. The van der Waals surface area contributed by atoms with Gasteiger partial charge >= 0.3 is 0 Å². The van der Waals surface area contributed by atoms with Crippen LogP contribution >= 0.6 is 0 Å². The number of rotatable bonds is 5. The van der Waals surface area contributed by atoms with Gasteiger partial charge in [0.1, 0.15) is 0 Å². The van der Waals surface area contributed by atoms with Gasteiger partial charge in [-0.25, -0.2) is 13.4 Å². The lowest BCUT2D eigenvalue weighted by Gasteiger charge is -2.38. The van der Waals surface area contributed by atoms with Crippen LogP contribution in [0.1, 0.15) is 57.4 Å². The van der Waals surface area contributed by atoms with Crippen molar-refractivity contribution < 1.29 is 8.42 Å². The van der Waals surface area contributed by atoms with Crippen molar-refractivity contribution in [1.82, 2.24) is 14.5 Å². The predicted molar refractivity (Wildman–Crippen MR) is 116 cm³/mol. The Balaban J connectivity index is 1.54. The standard InChI is InChI=1S/C22H34N4O2S/c1-2-23-21(25-16-13-22(18-25)11-8-12-22)24-17-19-9-4-5-10-20(19)29(27,28)26-14-6-3-7-15-26/h4-5,9-10H,2-3,6-8,11-18H2,1H3,(H,23,24). The molecule has 0 atom stereocenters. The van der Waals surface area contributed by atoms with Gasteiger partial charge in [-0.15, -0.1) is 0 Å². The number of benzene rings is 1. The summed E-state index contributed by atoms with van der Waals surface area (Å²) in [6.45, 7) is 6.65. The minimum atomic E-state index is -3.46. The van der Waals surface area contributed by atoms with Crippen molar-refractivity contribution in [3.63, 3.8) is 0 Å². The van der Waals surface area contributed by atoms with Crippen molar-refractivity contribution in [3.05, 3.63) is 29.8 Å². The Morgan fingerprint density at radius 3 is 2.48 bits per heavy atom. The smallest absolute Gasteiger partial charge is 0.243 e. The number of piperidine rings is 1. The third kappa shape index (κ3) is 4.31. The van der Waals surface area contributed by atoms with Crippen molar-refractivity contribution in [2.24, 2.45) is 10.4 Å². The second-order valence-electron chi connectivity index (χ2n) is 8.77. The molecule has 1 N–H and O–H groups in total. The van der Waals surface area contributed by atoms with E-state index >= 15 is 0 Å². The zero-order chi connectivity index (χ0) is 20.3. The van der Waals surface area contributed by atoms with Gasteiger partial charge < -0.3 is 10.2 Å².